The van der Waals surface area contributed by atoms with Gasteiger partial charge in [0.2, 0.25) is 5.91 Å². The zero-order chi connectivity index (χ0) is 22.0. The van der Waals surface area contributed by atoms with Crippen LogP contribution >= 0.6 is 0 Å². The lowest BCUT2D eigenvalue weighted by Gasteiger charge is -2.17. The molecular weight excluding hydrogens is 395 g/mol. The minimum absolute atomic E-state index is 0.0990. The fraction of sp³-hybridized carbons (Fsp3) is 0.292. The first-order chi connectivity index (χ1) is 15.0. The summed E-state index contributed by atoms with van der Waals surface area (Å²) in [6, 6.07) is 14.0. The number of hydrogen-bond donors (Lipinski definition) is 1. The summed E-state index contributed by atoms with van der Waals surface area (Å²) >= 11 is 0. The highest BCUT2D eigenvalue weighted by atomic mass is 19.1. The van der Waals surface area contributed by atoms with Crippen LogP contribution in [0.1, 0.15) is 40.7 Å². The number of nitrogens with one attached hydrogen (secondary N) is 1. The van der Waals surface area contributed by atoms with Gasteiger partial charge in [0.1, 0.15) is 11.5 Å². The number of carbonyl (C=O) groups excluding carboxylic acids is 2. The van der Waals surface area contributed by atoms with E-state index < -0.39 is 0 Å². The average Bonchev–Trinajstić information content (AvgIpc) is 3.37. The standard InChI is InChI=1S/C24H25FN4O2/c1-3-16-9-4-6-12-19(16)26-22(30)15-28(2)24(31)23-17-10-8-14-20(17)29(27-23)21-13-7-5-11-18(21)25/h4-7,9,11-13H,3,8,10,14-15H2,1-2H3,(H,26,30). The molecule has 0 saturated carbocycles. The van der Waals surface area contributed by atoms with Gasteiger partial charge in [-0.15, -0.1) is 0 Å². The largest absolute Gasteiger partial charge is 0.331 e. The van der Waals surface area contributed by atoms with E-state index >= 15 is 0 Å². The van der Waals surface area contributed by atoms with Gasteiger partial charge in [0.25, 0.3) is 5.91 Å². The van der Waals surface area contributed by atoms with Gasteiger partial charge in [0.15, 0.2) is 5.69 Å². The molecule has 1 N–H and O–H groups in total. The fourth-order valence-electron chi connectivity index (χ4n) is 4.04. The van der Waals surface area contributed by atoms with Crippen molar-refractivity contribution in [2.24, 2.45) is 0 Å². The highest BCUT2D eigenvalue weighted by molar-refractivity contribution is 5.99. The maximum atomic E-state index is 14.3. The van der Waals surface area contributed by atoms with Crippen molar-refractivity contribution in [1.82, 2.24) is 14.7 Å². The zero-order valence-corrected chi connectivity index (χ0v) is 17.7. The Morgan fingerprint density at radius 1 is 1.13 bits per heavy atom. The number of carbonyl (C=O) groups is 2. The highest BCUT2D eigenvalue weighted by Crippen LogP contribution is 2.29. The molecule has 4 rings (SSSR count). The molecule has 31 heavy (non-hydrogen) atoms. The molecule has 0 spiro atoms. The smallest absolute Gasteiger partial charge is 0.274 e. The van der Waals surface area contributed by atoms with Crippen molar-refractivity contribution in [3.8, 4) is 5.69 Å². The van der Waals surface area contributed by atoms with E-state index in [9.17, 15) is 14.0 Å². The minimum Gasteiger partial charge on any atom is -0.331 e. The van der Waals surface area contributed by atoms with Crippen molar-refractivity contribution in [3.63, 3.8) is 0 Å². The third-order valence-corrected chi connectivity index (χ3v) is 5.61. The van der Waals surface area contributed by atoms with E-state index in [4.69, 9.17) is 0 Å². The number of anilines is 1. The summed E-state index contributed by atoms with van der Waals surface area (Å²) in [4.78, 5) is 27.0. The molecule has 1 aliphatic carbocycles. The molecular formula is C24H25FN4O2. The van der Waals surface area contributed by atoms with Crippen LogP contribution in [-0.4, -0.2) is 40.1 Å². The van der Waals surface area contributed by atoms with Crippen LogP contribution in [0.25, 0.3) is 5.69 Å². The van der Waals surface area contributed by atoms with Gasteiger partial charge in [-0.05, 0) is 49.4 Å². The van der Waals surface area contributed by atoms with E-state index in [0.717, 1.165) is 48.2 Å². The molecule has 0 fully saturated rings. The van der Waals surface area contributed by atoms with Crippen LogP contribution in [0.3, 0.4) is 0 Å². The van der Waals surface area contributed by atoms with Gasteiger partial charge >= 0.3 is 0 Å². The summed E-state index contributed by atoms with van der Waals surface area (Å²) in [5.41, 5.74) is 4.11. The van der Waals surface area contributed by atoms with Crippen molar-refractivity contribution >= 4 is 17.5 Å². The molecule has 0 atom stereocenters. The van der Waals surface area contributed by atoms with Crippen molar-refractivity contribution in [1.29, 1.82) is 0 Å². The lowest BCUT2D eigenvalue weighted by atomic mass is 10.1. The van der Waals surface area contributed by atoms with E-state index in [1.165, 1.54) is 15.6 Å². The fourth-order valence-corrected chi connectivity index (χ4v) is 4.04. The lowest BCUT2D eigenvalue weighted by molar-refractivity contribution is -0.116. The van der Waals surface area contributed by atoms with E-state index in [2.05, 4.69) is 10.4 Å². The first kappa shape index (κ1) is 20.8. The second-order valence-electron chi connectivity index (χ2n) is 7.71. The van der Waals surface area contributed by atoms with Crippen LogP contribution < -0.4 is 5.32 Å². The topological polar surface area (TPSA) is 67.2 Å². The molecule has 0 saturated heterocycles. The number of likely N-dealkylation sites (N-methyl/N-ethyl adjacent to an activating group) is 1. The number of halogens is 1. The van der Waals surface area contributed by atoms with E-state index in [1.807, 2.05) is 31.2 Å². The number of nitrogens with zero attached hydrogens (tertiary/aromatic N) is 3. The van der Waals surface area contributed by atoms with Crippen LogP contribution in [-0.2, 0) is 24.1 Å². The Balaban J connectivity index is 1.54. The first-order valence-electron chi connectivity index (χ1n) is 10.5. The number of rotatable bonds is 6. The molecule has 0 unspecified atom stereocenters. The lowest BCUT2D eigenvalue weighted by Crippen LogP contribution is -2.35. The van der Waals surface area contributed by atoms with Crippen molar-refractivity contribution < 1.29 is 14.0 Å². The molecule has 1 heterocycles. The summed E-state index contributed by atoms with van der Waals surface area (Å²) in [5, 5.41) is 7.34. The Hall–Kier alpha value is -3.48. The number of fused-ring (bicyclic) bond motifs is 1. The molecule has 2 amide bonds. The van der Waals surface area contributed by atoms with E-state index in [-0.39, 0.29) is 24.2 Å². The van der Waals surface area contributed by atoms with Crippen molar-refractivity contribution in [2.75, 3.05) is 18.9 Å². The van der Waals surface area contributed by atoms with E-state index in [1.54, 1.807) is 25.2 Å². The molecule has 1 aromatic heterocycles. The first-order valence-corrected chi connectivity index (χ1v) is 10.5. The minimum atomic E-state index is -0.388. The number of amides is 2. The molecule has 6 nitrogen and oxygen atoms in total. The van der Waals surface area contributed by atoms with Crippen molar-refractivity contribution in [2.45, 2.75) is 32.6 Å². The van der Waals surface area contributed by atoms with Crippen LogP contribution in [0.4, 0.5) is 10.1 Å². The van der Waals surface area contributed by atoms with Gasteiger partial charge in [-0.1, -0.05) is 37.3 Å². The van der Waals surface area contributed by atoms with Gasteiger partial charge in [-0.25, -0.2) is 9.07 Å². The molecule has 7 heteroatoms. The Morgan fingerprint density at radius 2 is 1.87 bits per heavy atom. The summed E-state index contributed by atoms with van der Waals surface area (Å²) in [6.07, 6.45) is 3.14. The summed E-state index contributed by atoms with van der Waals surface area (Å²) in [5.74, 6) is -1.00. The van der Waals surface area contributed by atoms with E-state index in [0.29, 0.717) is 11.4 Å². The van der Waals surface area contributed by atoms with Gasteiger partial charge in [0, 0.05) is 24.0 Å². The predicted octanol–water partition coefficient (Wildman–Crippen LogP) is 3.77. The van der Waals surface area contributed by atoms with Crippen LogP contribution in [0, 0.1) is 5.82 Å². The Labute approximate surface area is 180 Å². The van der Waals surface area contributed by atoms with Gasteiger partial charge in [-0.2, -0.15) is 5.10 Å². The normalized spacial score (nSPS) is 12.5. The Bertz CT molecular complexity index is 1140. The van der Waals surface area contributed by atoms with Crippen LogP contribution in [0.5, 0.6) is 0 Å². The molecule has 160 valence electrons. The van der Waals surface area contributed by atoms with Gasteiger partial charge in [0.05, 0.1) is 6.54 Å². The molecule has 3 aromatic rings. The molecule has 0 bridgehead atoms. The number of benzene rings is 2. The number of hydrogen-bond acceptors (Lipinski definition) is 3. The monoisotopic (exact) mass is 420 g/mol. The summed E-state index contributed by atoms with van der Waals surface area (Å²) < 4.78 is 15.9. The predicted molar refractivity (Wildman–Crippen MR) is 117 cm³/mol. The SMILES string of the molecule is CCc1ccccc1NC(=O)CN(C)C(=O)c1nn(-c2ccccc2F)c2c1CCC2. The Morgan fingerprint density at radius 3 is 2.65 bits per heavy atom. The second kappa shape index (κ2) is 8.71. The quantitative estimate of drug-likeness (QED) is 0.660. The molecule has 2 aromatic carbocycles. The molecule has 0 aliphatic heterocycles. The van der Waals surface area contributed by atoms with Gasteiger partial charge < -0.3 is 10.2 Å². The average molecular weight is 420 g/mol. The Kier molecular flexibility index (Phi) is 5.84. The maximum Gasteiger partial charge on any atom is 0.274 e. The molecule has 0 radical (unpaired) electrons. The number of para-hydroxylation sites is 2. The molecule has 1 aliphatic rings. The van der Waals surface area contributed by atoms with Crippen LogP contribution in [0.15, 0.2) is 48.5 Å². The summed E-state index contributed by atoms with van der Waals surface area (Å²) in [6.45, 7) is 1.92. The van der Waals surface area contributed by atoms with Crippen molar-refractivity contribution in [3.05, 3.63) is 76.9 Å². The number of aryl methyl sites for hydroxylation is 1. The van der Waals surface area contributed by atoms with Crippen LogP contribution in [0.2, 0.25) is 0 Å². The third kappa shape index (κ3) is 4.08. The zero-order valence-electron chi connectivity index (χ0n) is 17.7. The third-order valence-electron chi connectivity index (χ3n) is 5.61. The summed E-state index contributed by atoms with van der Waals surface area (Å²) in [7, 11) is 1.58. The van der Waals surface area contributed by atoms with Gasteiger partial charge in [-0.3, -0.25) is 9.59 Å². The maximum absolute atomic E-state index is 14.3. The number of aromatic nitrogens is 2. The second-order valence-corrected chi connectivity index (χ2v) is 7.71. The highest BCUT2D eigenvalue weighted by Gasteiger charge is 2.29.